The summed E-state index contributed by atoms with van der Waals surface area (Å²) in [6, 6.07) is 9.94. The Bertz CT molecular complexity index is 709. The van der Waals surface area contributed by atoms with Gasteiger partial charge in [-0.15, -0.1) is 0 Å². The second kappa shape index (κ2) is 5.56. The third-order valence-corrected chi connectivity index (χ3v) is 3.86. The number of carboxylic acid groups (broad SMARTS) is 1. The van der Waals surface area contributed by atoms with Crippen LogP contribution in [0.15, 0.2) is 36.4 Å². The van der Waals surface area contributed by atoms with Gasteiger partial charge in [-0.1, -0.05) is 25.1 Å². The Morgan fingerprint density at radius 3 is 2.95 bits per heavy atom. The SMILES string of the molecule is CC1CCN(c2nc3ccccc3cc2C=CC(=O)O)C1. The van der Waals surface area contributed by atoms with Crippen LogP contribution in [0.3, 0.4) is 0 Å². The maximum Gasteiger partial charge on any atom is 0.328 e. The second-order valence-corrected chi connectivity index (χ2v) is 5.61. The van der Waals surface area contributed by atoms with Crippen molar-refractivity contribution in [1.82, 2.24) is 4.98 Å². The highest BCUT2D eigenvalue weighted by Crippen LogP contribution is 2.29. The molecule has 1 unspecified atom stereocenters. The largest absolute Gasteiger partial charge is 0.478 e. The zero-order valence-corrected chi connectivity index (χ0v) is 12.0. The summed E-state index contributed by atoms with van der Waals surface area (Å²) in [6.07, 6.45) is 3.96. The molecule has 1 aliphatic rings. The fourth-order valence-corrected chi connectivity index (χ4v) is 2.79. The predicted molar refractivity (Wildman–Crippen MR) is 84.4 cm³/mol. The Morgan fingerprint density at radius 2 is 2.24 bits per heavy atom. The number of rotatable bonds is 3. The van der Waals surface area contributed by atoms with Gasteiger partial charge in [0, 0.05) is 30.1 Å². The first-order valence-corrected chi connectivity index (χ1v) is 7.19. The van der Waals surface area contributed by atoms with Crippen molar-refractivity contribution >= 4 is 28.8 Å². The molecule has 1 aromatic carbocycles. The van der Waals surface area contributed by atoms with Crippen molar-refractivity contribution in [2.24, 2.45) is 5.92 Å². The molecule has 2 aromatic rings. The van der Waals surface area contributed by atoms with Crippen molar-refractivity contribution < 1.29 is 9.90 Å². The van der Waals surface area contributed by atoms with E-state index in [1.165, 1.54) is 6.08 Å². The lowest BCUT2D eigenvalue weighted by Crippen LogP contribution is -2.21. The first kappa shape index (κ1) is 13.6. The van der Waals surface area contributed by atoms with E-state index in [0.29, 0.717) is 5.92 Å². The predicted octanol–water partition coefficient (Wildman–Crippen LogP) is 3.18. The summed E-state index contributed by atoms with van der Waals surface area (Å²) in [6.45, 7) is 4.17. The van der Waals surface area contributed by atoms with Gasteiger partial charge in [-0.2, -0.15) is 0 Å². The van der Waals surface area contributed by atoms with Gasteiger partial charge in [0.1, 0.15) is 5.82 Å². The Morgan fingerprint density at radius 1 is 1.43 bits per heavy atom. The van der Waals surface area contributed by atoms with Crippen LogP contribution in [0, 0.1) is 5.92 Å². The third kappa shape index (κ3) is 2.89. The molecule has 3 rings (SSSR count). The fourth-order valence-electron chi connectivity index (χ4n) is 2.79. The molecule has 2 heterocycles. The summed E-state index contributed by atoms with van der Waals surface area (Å²) in [5.41, 5.74) is 1.81. The number of aliphatic carboxylic acids is 1. The Labute approximate surface area is 123 Å². The molecule has 4 heteroatoms. The van der Waals surface area contributed by atoms with Gasteiger partial charge in [-0.05, 0) is 30.5 Å². The number of nitrogens with zero attached hydrogens (tertiary/aromatic N) is 2. The number of aromatic nitrogens is 1. The van der Waals surface area contributed by atoms with Crippen molar-refractivity contribution in [3.8, 4) is 0 Å². The molecule has 1 aliphatic heterocycles. The molecule has 0 saturated carbocycles. The van der Waals surface area contributed by atoms with E-state index in [2.05, 4.69) is 11.8 Å². The van der Waals surface area contributed by atoms with E-state index >= 15 is 0 Å². The summed E-state index contributed by atoms with van der Waals surface area (Å²) in [4.78, 5) is 17.8. The van der Waals surface area contributed by atoms with Gasteiger partial charge in [0.15, 0.2) is 0 Å². The van der Waals surface area contributed by atoms with Crippen molar-refractivity contribution in [1.29, 1.82) is 0 Å². The number of carboxylic acids is 1. The molecule has 1 fully saturated rings. The maximum atomic E-state index is 10.8. The van der Waals surface area contributed by atoms with Gasteiger partial charge in [0.25, 0.3) is 0 Å². The molecule has 1 atom stereocenters. The molecular weight excluding hydrogens is 264 g/mol. The molecule has 0 bridgehead atoms. The number of carbonyl (C=O) groups is 1. The highest BCUT2D eigenvalue weighted by molar-refractivity contribution is 5.90. The topological polar surface area (TPSA) is 53.4 Å². The van der Waals surface area contributed by atoms with Crippen molar-refractivity contribution in [2.45, 2.75) is 13.3 Å². The van der Waals surface area contributed by atoms with Crippen LogP contribution < -0.4 is 4.90 Å². The molecular formula is C17H18N2O2. The third-order valence-electron chi connectivity index (χ3n) is 3.86. The molecule has 0 amide bonds. The van der Waals surface area contributed by atoms with Crippen LogP contribution >= 0.6 is 0 Å². The van der Waals surface area contributed by atoms with E-state index in [0.717, 1.165) is 41.8 Å². The van der Waals surface area contributed by atoms with Crippen LogP contribution in [0.25, 0.3) is 17.0 Å². The minimum absolute atomic E-state index is 0.648. The number of anilines is 1. The van der Waals surface area contributed by atoms with Crippen LogP contribution in [-0.4, -0.2) is 29.1 Å². The van der Waals surface area contributed by atoms with Crippen molar-refractivity contribution in [3.05, 3.63) is 42.0 Å². The lowest BCUT2D eigenvalue weighted by Gasteiger charge is -2.20. The molecule has 21 heavy (non-hydrogen) atoms. The summed E-state index contributed by atoms with van der Waals surface area (Å²) in [5, 5.41) is 9.89. The van der Waals surface area contributed by atoms with Crippen LogP contribution in [0.4, 0.5) is 5.82 Å². The van der Waals surface area contributed by atoms with Gasteiger partial charge < -0.3 is 10.0 Å². The monoisotopic (exact) mass is 282 g/mol. The smallest absolute Gasteiger partial charge is 0.328 e. The van der Waals surface area contributed by atoms with E-state index < -0.39 is 5.97 Å². The molecule has 108 valence electrons. The van der Waals surface area contributed by atoms with Crippen LogP contribution in [0.5, 0.6) is 0 Å². The standard InChI is InChI=1S/C17H18N2O2/c1-12-8-9-19(11-12)17-14(6-7-16(20)21)10-13-4-2-3-5-15(13)18-17/h2-7,10,12H,8-9,11H2,1H3,(H,20,21). The molecule has 1 N–H and O–H groups in total. The Kier molecular flexibility index (Phi) is 3.60. The number of para-hydroxylation sites is 1. The average molecular weight is 282 g/mol. The minimum Gasteiger partial charge on any atom is -0.478 e. The summed E-state index contributed by atoms with van der Waals surface area (Å²) in [5.74, 6) is 0.592. The summed E-state index contributed by atoms with van der Waals surface area (Å²) >= 11 is 0. The normalized spacial score (nSPS) is 18.7. The first-order valence-electron chi connectivity index (χ1n) is 7.19. The first-order chi connectivity index (χ1) is 10.1. The van der Waals surface area contributed by atoms with Gasteiger partial charge in [-0.3, -0.25) is 0 Å². The number of fused-ring (bicyclic) bond motifs is 1. The van der Waals surface area contributed by atoms with Crippen LogP contribution in [-0.2, 0) is 4.79 Å². The number of hydrogen-bond donors (Lipinski definition) is 1. The lowest BCUT2D eigenvalue weighted by atomic mass is 10.1. The molecule has 0 aliphatic carbocycles. The number of benzene rings is 1. The van der Waals surface area contributed by atoms with Crippen molar-refractivity contribution in [3.63, 3.8) is 0 Å². The van der Waals surface area contributed by atoms with Crippen LogP contribution in [0.2, 0.25) is 0 Å². The Balaban J connectivity index is 2.09. The minimum atomic E-state index is -0.941. The highest BCUT2D eigenvalue weighted by Gasteiger charge is 2.22. The zero-order chi connectivity index (χ0) is 14.8. The van der Waals surface area contributed by atoms with Gasteiger partial charge in [-0.25, -0.2) is 9.78 Å². The van der Waals surface area contributed by atoms with Crippen molar-refractivity contribution in [2.75, 3.05) is 18.0 Å². The molecule has 0 spiro atoms. The van der Waals surface area contributed by atoms with E-state index in [9.17, 15) is 4.79 Å². The quantitative estimate of drug-likeness (QED) is 0.878. The van der Waals surface area contributed by atoms with E-state index in [1.54, 1.807) is 6.08 Å². The van der Waals surface area contributed by atoms with E-state index in [1.807, 2.05) is 30.3 Å². The van der Waals surface area contributed by atoms with E-state index in [-0.39, 0.29) is 0 Å². The maximum absolute atomic E-state index is 10.8. The van der Waals surface area contributed by atoms with Gasteiger partial charge in [0.2, 0.25) is 0 Å². The van der Waals surface area contributed by atoms with Gasteiger partial charge in [0.05, 0.1) is 5.52 Å². The summed E-state index contributed by atoms with van der Waals surface area (Å²) in [7, 11) is 0. The van der Waals surface area contributed by atoms with Gasteiger partial charge >= 0.3 is 5.97 Å². The number of pyridine rings is 1. The summed E-state index contributed by atoms with van der Waals surface area (Å²) < 4.78 is 0. The molecule has 0 radical (unpaired) electrons. The molecule has 1 saturated heterocycles. The number of hydrogen-bond acceptors (Lipinski definition) is 3. The molecule has 1 aromatic heterocycles. The fraction of sp³-hybridized carbons (Fsp3) is 0.294. The average Bonchev–Trinajstić information content (AvgIpc) is 2.90. The van der Waals surface area contributed by atoms with Crippen LogP contribution in [0.1, 0.15) is 18.9 Å². The zero-order valence-electron chi connectivity index (χ0n) is 12.0. The second-order valence-electron chi connectivity index (χ2n) is 5.61. The Hall–Kier alpha value is -2.36. The lowest BCUT2D eigenvalue weighted by molar-refractivity contribution is -0.131. The molecule has 4 nitrogen and oxygen atoms in total. The van der Waals surface area contributed by atoms with E-state index in [4.69, 9.17) is 10.1 Å². The highest BCUT2D eigenvalue weighted by atomic mass is 16.4.